The van der Waals surface area contributed by atoms with Crippen LogP contribution in [0.1, 0.15) is 38.8 Å². The zero-order valence-corrected chi connectivity index (χ0v) is 20.0. The molecule has 1 N–H and O–H groups in total. The first-order valence-corrected chi connectivity index (χ1v) is 11.4. The fourth-order valence-electron chi connectivity index (χ4n) is 2.61. The Hall–Kier alpha value is -2.87. The van der Waals surface area contributed by atoms with Gasteiger partial charge in [-0.3, -0.25) is 9.10 Å². The molecule has 168 valence electrons. The number of hydrogen-bond acceptors (Lipinski definition) is 5. The molecule has 2 aromatic carbocycles. The van der Waals surface area contributed by atoms with Crippen LogP contribution >= 0.6 is 0 Å². The Bertz CT molecular complexity index is 1070. The number of hydrogen-bond donors (Lipinski definition) is 1. The molecule has 0 fully saturated rings. The van der Waals surface area contributed by atoms with Gasteiger partial charge in [-0.15, -0.1) is 0 Å². The maximum Gasteiger partial charge on any atom is 0.264 e. The lowest BCUT2D eigenvalue weighted by Gasteiger charge is -2.26. The molecule has 0 aromatic heterocycles. The monoisotopic (exact) mass is 445 g/mol. The first kappa shape index (κ1) is 24.4. The summed E-state index contributed by atoms with van der Waals surface area (Å²) in [5.41, 5.74) is 5.03. The van der Waals surface area contributed by atoms with E-state index in [1.807, 2.05) is 47.6 Å². The first-order valence-electron chi connectivity index (χ1n) is 9.94. The molecule has 0 aliphatic rings. The minimum atomic E-state index is -4.04. The predicted octanol–water partition coefficient (Wildman–Crippen LogP) is 4.05. The molecule has 2 aromatic rings. The summed E-state index contributed by atoms with van der Waals surface area (Å²) in [5.74, 6) is -0.202. The molecule has 1 amide bonds. The van der Waals surface area contributed by atoms with Crippen molar-refractivity contribution >= 4 is 27.3 Å². The third kappa shape index (κ3) is 6.07. The van der Waals surface area contributed by atoms with Crippen LogP contribution in [0, 0.1) is 19.3 Å². The summed E-state index contributed by atoms with van der Waals surface area (Å²) in [4.78, 5) is 12.8. The number of rotatable bonds is 7. The van der Waals surface area contributed by atoms with E-state index in [1.54, 1.807) is 24.3 Å². The van der Waals surface area contributed by atoms with E-state index in [0.29, 0.717) is 5.75 Å². The minimum absolute atomic E-state index is 0.0869. The van der Waals surface area contributed by atoms with Crippen molar-refractivity contribution in [3.63, 3.8) is 0 Å². The predicted molar refractivity (Wildman–Crippen MR) is 124 cm³/mol. The van der Waals surface area contributed by atoms with Gasteiger partial charge in [0.25, 0.3) is 15.9 Å². The zero-order valence-electron chi connectivity index (χ0n) is 19.2. The summed E-state index contributed by atoms with van der Waals surface area (Å²) in [5, 5.41) is 4.13. The number of benzene rings is 2. The molecule has 2 rings (SSSR count). The number of nitrogens with one attached hydrogen (secondary N) is 1. The first-order chi connectivity index (χ1) is 14.4. The Balaban J connectivity index is 2.50. The largest absolute Gasteiger partial charge is 0.495 e. The number of anilines is 1. The summed E-state index contributed by atoms with van der Waals surface area (Å²) in [6.45, 7) is 11.0. The van der Waals surface area contributed by atoms with Gasteiger partial charge in [0.2, 0.25) is 0 Å². The van der Waals surface area contributed by atoms with E-state index in [2.05, 4.69) is 10.5 Å². The van der Waals surface area contributed by atoms with E-state index in [0.717, 1.165) is 21.1 Å². The highest BCUT2D eigenvalue weighted by Crippen LogP contribution is 2.33. The van der Waals surface area contributed by atoms with Crippen molar-refractivity contribution in [3.8, 4) is 5.75 Å². The van der Waals surface area contributed by atoms with Gasteiger partial charge in [0, 0.05) is 11.1 Å². The lowest BCUT2D eigenvalue weighted by molar-refractivity contribution is -0.119. The van der Waals surface area contributed by atoms with E-state index in [-0.39, 0.29) is 16.0 Å². The maximum absolute atomic E-state index is 13.5. The minimum Gasteiger partial charge on any atom is -0.495 e. The van der Waals surface area contributed by atoms with Gasteiger partial charge in [-0.25, -0.2) is 13.8 Å². The van der Waals surface area contributed by atoms with Gasteiger partial charge in [0.15, 0.2) is 0 Å². The number of nitrogens with zero attached hydrogens (tertiary/aromatic N) is 2. The van der Waals surface area contributed by atoms with Gasteiger partial charge in [-0.05, 0) is 50.6 Å². The summed E-state index contributed by atoms with van der Waals surface area (Å²) in [6.07, 6.45) is 0. The molecule has 8 heteroatoms. The van der Waals surface area contributed by atoms with E-state index < -0.39 is 22.5 Å². The van der Waals surface area contributed by atoms with Crippen molar-refractivity contribution in [1.29, 1.82) is 0 Å². The smallest absolute Gasteiger partial charge is 0.264 e. The van der Waals surface area contributed by atoms with Crippen LogP contribution in [0.3, 0.4) is 0 Å². The average Bonchev–Trinajstić information content (AvgIpc) is 2.69. The number of ether oxygens (including phenoxy) is 1. The molecule has 0 saturated carbocycles. The molecule has 0 saturated heterocycles. The number of amides is 1. The highest BCUT2D eigenvalue weighted by atomic mass is 32.2. The zero-order chi connectivity index (χ0) is 23.4. The highest BCUT2D eigenvalue weighted by Gasteiger charge is 2.29. The van der Waals surface area contributed by atoms with Crippen molar-refractivity contribution in [2.75, 3.05) is 18.0 Å². The van der Waals surface area contributed by atoms with Gasteiger partial charge >= 0.3 is 0 Å². The number of carbonyl (C=O) groups excluding carboxylic acids is 1. The molecule has 7 nitrogen and oxygen atoms in total. The molecule has 0 radical (unpaired) electrons. The number of sulfonamides is 1. The number of carbonyl (C=O) groups is 1. The van der Waals surface area contributed by atoms with Crippen molar-refractivity contribution in [3.05, 3.63) is 53.6 Å². The Kier molecular flexibility index (Phi) is 7.49. The Morgan fingerprint density at radius 3 is 2.19 bits per heavy atom. The number of aryl methyl sites for hydroxylation is 2. The second kappa shape index (κ2) is 9.51. The SMILES string of the molecule is COc1ccc(C)cc1N(CC(=O)N/N=C(/C)C(C)(C)C)S(=O)(=O)c1ccc(C)cc1. The summed E-state index contributed by atoms with van der Waals surface area (Å²) >= 11 is 0. The lowest BCUT2D eigenvalue weighted by atomic mass is 9.91. The van der Waals surface area contributed by atoms with Gasteiger partial charge in [-0.1, -0.05) is 44.5 Å². The van der Waals surface area contributed by atoms with Crippen molar-refractivity contribution < 1.29 is 17.9 Å². The van der Waals surface area contributed by atoms with Crippen LogP contribution in [-0.2, 0) is 14.8 Å². The standard InChI is InChI=1S/C23H31N3O4S/c1-16-8-11-19(12-9-16)31(28,29)26(20-14-17(2)10-13-21(20)30-7)15-22(27)25-24-18(3)23(4,5)6/h8-14H,15H2,1-7H3,(H,25,27)/b24-18-. The van der Waals surface area contributed by atoms with E-state index in [4.69, 9.17) is 4.74 Å². The average molecular weight is 446 g/mol. The Labute approximate surface area is 185 Å². The number of methoxy groups -OCH3 is 1. The van der Waals surface area contributed by atoms with Crippen molar-refractivity contribution in [1.82, 2.24) is 5.43 Å². The maximum atomic E-state index is 13.5. The summed E-state index contributed by atoms with van der Waals surface area (Å²) in [7, 11) is -2.58. The molecular formula is C23H31N3O4S. The van der Waals surface area contributed by atoms with Crippen LogP contribution in [-0.4, -0.2) is 33.7 Å². The molecule has 0 heterocycles. The summed E-state index contributed by atoms with van der Waals surface area (Å²) < 4.78 is 33.5. The molecular weight excluding hydrogens is 414 g/mol. The quantitative estimate of drug-likeness (QED) is 0.514. The second-order valence-electron chi connectivity index (χ2n) is 8.48. The Morgan fingerprint density at radius 2 is 1.65 bits per heavy atom. The fraction of sp³-hybridized carbons (Fsp3) is 0.391. The van der Waals surface area contributed by atoms with Crippen LogP contribution < -0.4 is 14.5 Å². The van der Waals surface area contributed by atoms with Crippen LogP contribution in [0.2, 0.25) is 0 Å². The van der Waals surface area contributed by atoms with E-state index >= 15 is 0 Å². The molecule has 31 heavy (non-hydrogen) atoms. The van der Waals surface area contributed by atoms with Gasteiger partial charge in [-0.2, -0.15) is 5.10 Å². The third-order valence-electron chi connectivity index (χ3n) is 4.93. The fourth-order valence-corrected chi connectivity index (χ4v) is 4.04. The summed E-state index contributed by atoms with van der Waals surface area (Å²) in [6, 6.07) is 11.7. The van der Waals surface area contributed by atoms with Crippen molar-refractivity contribution in [2.45, 2.75) is 46.4 Å². The van der Waals surface area contributed by atoms with Gasteiger partial charge in [0.05, 0.1) is 17.7 Å². The molecule has 0 atom stereocenters. The lowest BCUT2D eigenvalue weighted by Crippen LogP contribution is -2.40. The number of hydrazone groups is 1. The normalized spacial score (nSPS) is 12.4. The molecule has 0 unspecified atom stereocenters. The van der Waals surface area contributed by atoms with Crippen LogP contribution in [0.5, 0.6) is 5.75 Å². The van der Waals surface area contributed by atoms with E-state index in [1.165, 1.54) is 19.2 Å². The molecule has 0 aliphatic carbocycles. The van der Waals surface area contributed by atoms with Gasteiger partial charge in [0.1, 0.15) is 12.3 Å². The van der Waals surface area contributed by atoms with E-state index in [9.17, 15) is 13.2 Å². The molecule has 0 spiro atoms. The Morgan fingerprint density at radius 1 is 1.06 bits per heavy atom. The van der Waals surface area contributed by atoms with Gasteiger partial charge < -0.3 is 4.74 Å². The highest BCUT2D eigenvalue weighted by molar-refractivity contribution is 7.92. The molecule has 0 bridgehead atoms. The van der Waals surface area contributed by atoms with Crippen LogP contribution in [0.25, 0.3) is 0 Å². The second-order valence-corrected chi connectivity index (χ2v) is 10.3. The third-order valence-corrected chi connectivity index (χ3v) is 6.71. The van der Waals surface area contributed by atoms with Crippen LogP contribution in [0.15, 0.2) is 52.5 Å². The van der Waals surface area contributed by atoms with Crippen LogP contribution in [0.4, 0.5) is 5.69 Å². The van der Waals surface area contributed by atoms with Crippen molar-refractivity contribution in [2.24, 2.45) is 10.5 Å². The topological polar surface area (TPSA) is 88.1 Å². The molecule has 0 aliphatic heterocycles.